The Hall–Kier alpha value is -3.36. The number of hydrogen-bond acceptors (Lipinski definition) is 4. The molecule has 3 aromatic carbocycles. The van der Waals surface area contributed by atoms with Crippen LogP contribution in [0.2, 0.25) is 5.02 Å². The van der Waals surface area contributed by atoms with Crippen molar-refractivity contribution >= 4 is 39.1 Å². The first-order valence-electron chi connectivity index (χ1n) is 16.8. The Morgan fingerprint density at radius 2 is 1.43 bits per heavy atom. The Balaban J connectivity index is 1.30. The van der Waals surface area contributed by atoms with Gasteiger partial charge in [0.05, 0.1) is 11.9 Å². The van der Waals surface area contributed by atoms with Crippen molar-refractivity contribution < 1.29 is 18.0 Å². The Labute approximate surface area is 284 Å². The van der Waals surface area contributed by atoms with E-state index in [9.17, 15) is 18.0 Å². The number of amides is 2. The van der Waals surface area contributed by atoms with Crippen LogP contribution in [0.4, 0.5) is 5.69 Å². The molecule has 7 rings (SSSR count). The van der Waals surface area contributed by atoms with Crippen LogP contribution in [0.25, 0.3) is 0 Å². The van der Waals surface area contributed by atoms with Gasteiger partial charge in [0.25, 0.3) is 0 Å². The van der Waals surface area contributed by atoms with E-state index < -0.39 is 28.5 Å². The molecule has 47 heavy (non-hydrogen) atoms. The Kier molecular flexibility index (Phi) is 9.73. The summed E-state index contributed by atoms with van der Waals surface area (Å²) in [6.07, 6.45) is 9.12. The first-order valence-corrected chi connectivity index (χ1v) is 19.1. The minimum Gasteiger partial charge on any atom is -0.352 e. The van der Waals surface area contributed by atoms with Crippen LogP contribution in [-0.4, -0.2) is 50.0 Å². The summed E-state index contributed by atoms with van der Waals surface area (Å²) >= 11 is 6.16. The molecule has 0 heterocycles. The first kappa shape index (κ1) is 33.5. The first-order chi connectivity index (χ1) is 22.4. The molecule has 4 aliphatic rings. The average molecular weight is 676 g/mol. The van der Waals surface area contributed by atoms with Gasteiger partial charge in [0.1, 0.15) is 12.6 Å². The second kappa shape index (κ2) is 13.6. The van der Waals surface area contributed by atoms with Crippen molar-refractivity contribution in [2.24, 2.45) is 17.8 Å². The average Bonchev–Trinajstić information content (AvgIpc) is 3.01. The van der Waals surface area contributed by atoms with Crippen LogP contribution in [0.3, 0.4) is 0 Å². The molecule has 0 radical (unpaired) electrons. The van der Waals surface area contributed by atoms with Crippen LogP contribution in [-0.2, 0) is 38.0 Å². The monoisotopic (exact) mass is 675 g/mol. The minimum atomic E-state index is -3.84. The third kappa shape index (κ3) is 7.70. The molecule has 0 spiro atoms. The number of halogens is 1. The predicted molar refractivity (Wildman–Crippen MR) is 188 cm³/mol. The fourth-order valence-corrected chi connectivity index (χ4v) is 9.76. The molecule has 3 aromatic rings. The van der Waals surface area contributed by atoms with Gasteiger partial charge in [-0.25, -0.2) is 8.42 Å². The number of hydrogen-bond donors (Lipinski definition) is 1. The standard InChI is InChI=1S/C38H46ClN3O4S/c1-26(2)40-37(44)35(20-27-7-5-4-6-8-27)41(24-28-9-13-33(39)14-10-28)36(43)25-42(47(3,45)46)34-15-11-32(12-16-34)38-21-29-17-30(22-38)19-31(18-29)23-38/h4-16,26,29-31,35H,17-25H2,1-3H3,(H,40,44)/t29?,30?,31?,35-,38?/m0/s1. The molecule has 0 aliphatic heterocycles. The second-order valence-corrected chi connectivity index (χ2v) is 16.9. The number of rotatable bonds is 12. The van der Waals surface area contributed by atoms with E-state index in [1.165, 1.54) is 53.3 Å². The second-order valence-electron chi connectivity index (χ2n) is 14.5. The van der Waals surface area contributed by atoms with Gasteiger partial charge in [0.2, 0.25) is 21.8 Å². The number of carbonyl (C=O) groups excluding carboxylic acids is 2. The maximum atomic E-state index is 14.4. The maximum absolute atomic E-state index is 14.4. The Morgan fingerprint density at radius 1 is 0.851 bits per heavy atom. The van der Waals surface area contributed by atoms with Crippen LogP contribution < -0.4 is 9.62 Å². The lowest BCUT2D eigenvalue weighted by Crippen LogP contribution is -2.54. The highest BCUT2D eigenvalue weighted by atomic mass is 35.5. The lowest BCUT2D eigenvalue weighted by Gasteiger charge is -2.57. The molecular weight excluding hydrogens is 630 g/mol. The molecule has 0 saturated heterocycles. The van der Waals surface area contributed by atoms with Gasteiger partial charge in [0, 0.05) is 24.0 Å². The Morgan fingerprint density at radius 3 is 1.96 bits per heavy atom. The molecule has 4 bridgehead atoms. The SMILES string of the molecule is CC(C)NC(=O)[C@H](Cc1ccccc1)N(Cc1ccc(Cl)cc1)C(=O)CN(c1ccc(C23CC4CC(CC(C4)C2)C3)cc1)S(C)(=O)=O. The predicted octanol–water partition coefficient (Wildman–Crippen LogP) is 6.74. The molecule has 250 valence electrons. The fourth-order valence-electron chi connectivity index (χ4n) is 8.78. The van der Waals surface area contributed by atoms with Gasteiger partial charge in [-0.3, -0.25) is 13.9 Å². The molecular formula is C38H46ClN3O4S. The summed E-state index contributed by atoms with van der Waals surface area (Å²) in [4.78, 5) is 29.6. The summed E-state index contributed by atoms with van der Waals surface area (Å²) < 4.78 is 27.8. The van der Waals surface area contributed by atoms with Crippen molar-refractivity contribution in [1.29, 1.82) is 0 Å². The molecule has 0 aromatic heterocycles. The van der Waals surface area contributed by atoms with Gasteiger partial charge in [-0.15, -0.1) is 0 Å². The summed E-state index contributed by atoms with van der Waals surface area (Å²) in [5.74, 6) is 1.64. The molecule has 1 N–H and O–H groups in total. The molecule has 4 aliphatic carbocycles. The van der Waals surface area contributed by atoms with Crippen molar-refractivity contribution in [3.05, 3.63) is 101 Å². The van der Waals surface area contributed by atoms with Crippen LogP contribution in [0.5, 0.6) is 0 Å². The molecule has 9 heteroatoms. The molecule has 1 atom stereocenters. The van der Waals surface area contributed by atoms with Crippen molar-refractivity contribution in [2.75, 3.05) is 17.1 Å². The van der Waals surface area contributed by atoms with Crippen molar-refractivity contribution in [3.63, 3.8) is 0 Å². The van der Waals surface area contributed by atoms with Crippen molar-refractivity contribution in [3.8, 4) is 0 Å². The van der Waals surface area contributed by atoms with E-state index in [-0.39, 0.29) is 30.3 Å². The van der Waals surface area contributed by atoms with E-state index in [1.54, 1.807) is 12.1 Å². The summed E-state index contributed by atoms with van der Waals surface area (Å²) in [7, 11) is -3.84. The van der Waals surface area contributed by atoms with Crippen molar-refractivity contribution in [1.82, 2.24) is 10.2 Å². The zero-order valence-corrected chi connectivity index (χ0v) is 29.1. The number of nitrogens with one attached hydrogen (secondary N) is 1. The van der Waals surface area contributed by atoms with Gasteiger partial charge in [-0.05, 0) is 116 Å². The molecule has 4 fully saturated rings. The minimum absolute atomic E-state index is 0.113. The van der Waals surface area contributed by atoms with E-state index in [2.05, 4.69) is 17.4 Å². The lowest BCUT2D eigenvalue weighted by atomic mass is 9.48. The zero-order chi connectivity index (χ0) is 33.3. The smallest absolute Gasteiger partial charge is 0.244 e. The van der Waals surface area contributed by atoms with Gasteiger partial charge in [-0.2, -0.15) is 0 Å². The van der Waals surface area contributed by atoms with Gasteiger partial charge < -0.3 is 10.2 Å². The summed E-state index contributed by atoms with van der Waals surface area (Å²) in [6.45, 7) is 3.44. The number of nitrogens with zero attached hydrogens (tertiary/aromatic N) is 2. The third-order valence-corrected chi connectivity index (χ3v) is 11.8. The number of sulfonamides is 1. The van der Waals surface area contributed by atoms with E-state index in [0.29, 0.717) is 10.7 Å². The molecule has 2 amide bonds. The van der Waals surface area contributed by atoms with Crippen molar-refractivity contribution in [2.45, 2.75) is 82.8 Å². The van der Waals surface area contributed by atoms with E-state index in [1.807, 2.05) is 68.4 Å². The van der Waals surface area contributed by atoms with Gasteiger partial charge in [-0.1, -0.05) is 66.2 Å². The maximum Gasteiger partial charge on any atom is 0.244 e. The van der Waals surface area contributed by atoms with E-state index in [0.717, 1.165) is 35.1 Å². The van der Waals surface area contributed by atoms with E-state index >= 15 is 0 Å². The largest absolute Gasteiger partial charge is 0.352 e. The lowest BCUT2D eigenvalue weighted by molar-refractivity contribution is -0.140. The fraction of sp³-hybridized carbons (Fsp3) is 0.474. The van der Waals surface area contributed by atoms with Crippen LogP contribution in [0, 0.1) is 17.8 Å². The van der Waals surface area contributed by atoms with Crippen LogP contribution >= 0.6 is 11.6 Å². The molecule has 7 nitrogen and oxygen atoms in total. The highest BCUT2D eigenvalue weighted by Crippen LogP contribution is 2.60. The zero-order valence-electron chi connectivity index (χ0n) is 27.6. The van der Waals surface area contributed by atoms with Crippen LogP contribution in [0.15, 0.2) is 78.9 Å². The summed E-state index contributed by atoms with van der Waals surface area (Å²) in [5, 5.41) is 3.54. The molecule has 0 unspecified atom stereocenters. The normalized spacial score (nSPS) is 23.8. The number of carbonyl (C=O) groups is 2. The topological polar surface area (TPSA) is 86.8 Å². The Bertz CT molecular complexity index is 1640. The molecule has 4 saturated carbocycles. The summed E-state index contributed by atoms with van der Waals surface area (Å²) in [5.41, 5.74) is 3.60. The third-order valence-electron chi connectivity index (χ3n) is 10.5. The van der Waals surface area contributed by atoms with Gasteiger partial charge in [0.15, 0.2) is 0 Å². The highest BCUT2D eigenvalue weighted by Gasteiger charge is 2.51. The number of benzene rings is 3. The quantitative estimate of drug-likeness (QED) is 0.231. The van der Waals surface area contributed by atoms with E-state index in [4.69, 9.17) is 11.6 Å². The van der Waals surface area contributed by atoms with Crippen LogP contribution in [0.1, 0.15) is 69.1 Å². The van der Waals surface area contributed by atoms with Gasteiger partial charge >= 0.3 is 0 Å². The number of anilines is 1. The summed E-state index contributed by atoms with van der Waals surface area (Å²) in [6, 6.07) is 23.6. The highest BCUT2D eigenvalue weighted by molar-refractivity contribution is 7.92.